The first kappa shape index (κ1) is 23.7. The SMILES string of the molecule is COc1ncsc1-c1ccc(CN(C(=O)C2CCCCC2)c2cccc(C=CC(=O)O)c2)cc1. The molecule has 1 amide bonds. The van der Waals surface area contributed by atoms with Crippen molar-refractivity contribution in [1.82, 2.24) is 4.98 Å². The van der Waals surface area contributed by atoms with Gasteiger partial charge in [0.05, 0.1) is 24.0 Å². The predicted octanol–water partition coefficient (Wildman–Crippen LogP) is 6.03. The normalized spacial score (nSPS) is 14.3. The lowest BCUT2D eigenvalue weighted by molar-refractivity contribution is -0.131. The zero-order chi connectivity index (χ0) is 23.9. The number of thiazole rings is 1. The lowest BCUT2D eigenvalue weighted by Crippen LogP contribution is -2.36. The molecule has 6 nitrogen and oxygen atoms in total. The molecule has 0 radical (unpaired) electrons. The summed E-state index contributed by atoms with van der Waals surface area (Å²) in [5.74, 6) is -0.240. The number of hydrogen-bond donors (Lipinski definition) is 1. The van der Waals surface area contributed by atoms with Gasteiger partial charge in [0.2, 0.25) is 11.8 Å². The molecule has 34 heavy (non-hydrogen) atoms. The van der Waals surface area contributed by atoms with E-state index in [4.69, 9.17) is 9.84 Å². The van der Waals surface area contributed by atoms with Gasteiger partial charge in [-0.3, -0.25) is 4.79 Å². The van der Waals surface area contributed by atoms with Gasteiger partial charge in [-0.05, 0) is 47.7 Å². The fourth-order valence-corrected chi connectivity index (χ4v) is 5.11. The number of aromatic nitrogens is 1. The summed E-state index contributed by atoms with van der Waals surface area (Å²) in [5.41, 5.74) is 5.32. The summed E-state index contributed by atoms with van der Waals surface area (Å²) in [4.78, 5) is 31.6. The number of aliphatic carboxylic acids is 1. The number of carbonyl (C=O) groups excluding carboxylic acids is 1. The molecular formula is C27H28N2O4S. The summed E-state index contributed by atoms with van der Waals surface area (Å²) in [6, 6.07) is 15.6. The first-order chi connectivity index (χ1) is 16.5. The monoisotopic (exact) mass is 476 g/mol. The third kappa shape index (κ3) is 5.72. The maximum atomic E-state index is 13.6. The molecule has 7 heteroatoms. The topological polar surface area (TPSA) is 79.7 Å². The highest BCUT2D eigenvalue weighted by Crippen LogP contribution is 2.34. The van der Waals surface area contributed by atoms with E-state index in [9.17, 15) is 9.59 Å². The van der Waals surface area contributed by atoms with Crippen molar-refractivity contribution in [2.75, 3.05) is 12.0 Å². The highest BCUT2D eigenvalue weighted by atomic mass is 32.1. The van der Waals surface area contributed by atoms with Crippen LogP contribution in [0.2, 0.25) is 0 Å². The van der Waals surface area contributed by atoms with Gasteiger partial charge in [0.25, 0.3) is 0 Å². The quantitative estimate of drug-likeness (QED) is 0.402. The molecule has 4 rings (SSSR count). The summed E-state index contributed by atoms with van der Waals surface area (Å²) in [7, 11) is 1.61. The Kier molecular flexibility index (Phi) is 7.75. The molecule has 1 fully saturated rings. The summed E-state index contributed by atoms with van der Waals surface area (Å²) in [5, 5.41) is 8.97. The van der Waals surface area contributed by atoms with Crippen molar-refractivity contribution >= 4 is 35.0 Å². The van der Waals surface area contributed by atoms with E-state index in [2.05, 4.69) is 4.98 Å². The lowest BCUT2D eigenvalue weighted by atomic mass is 9.88. The standard InChI is InChI=1S/C27H28N2O4S/c1-33-26-25(34-18-28-26)21-13-10-20(11-14-21)17-29(27(32)22-7-3-2-4-8-22)23-9-5-6-19(16-23)12-15-24(30)31/h5-6,9-16,18,22H,2-4,7-8,17H2,1H3,(H,30,31). The average molecular weight is 477 g/mol. The number of nitrogens with zero attached hydrogens (tertiary/aromatic N) is 2. The molecule has 0 bridgehead atoms. The molecular weight excluding hydrogens is 448 g/mol. The van der Waals surface area contributed by atoms with E-state index in [1.807, 2.05) is 53.4 Å². The van der Waals surface area contributed by atoms with E-state index < -0.39 is 5.97 Å². The third-order valence-electron chi connectivity index (χ3n) is 6.11. The molecule has 1 aliphatic carbocycles. The molecule has 1 aliphatic rings. The Morgan fingerprint density at radius 2 is 1.91 bits per heavy atom. The summed E-state index contributed by atoms with van der Waals surface area (Å²) in [6.07, 6.45) is 7.83. The minimum absolute atomic E-state index is 0.0210. The van der Waals surface area contributed by atoms with Crippen LogP contribution in [0, 0.1) is 5.92 Å². The zero-order valence-corrected chi connectivity index (χ0v) is 20.0. The number of carboxylic acids is 1. The second kappa shape index (κ2) is 11.1. The van der Waals surface area contributed by atoms with E-state index in [0.29, 0.717) is 12.4 Å². The van der Waals surface area contributed by atoms with E-state index >= 15 is 0 Å². The van der Waals surface area contributed by atoms with Crippen molar-refractivity contribution < 1.29 is 19.4 Å². The molecule has 0 aliphatic heterocycles. The van der Waals surface area contributed by atoms with E-state index in [1.54, 1.807) is 18.7 Å². The first-order valence-electron chi connectivity index (χ1n) is 11.4. The van der Waals surface area contributed by atoms with Crippen LogP contribution in [0.15, 0.2) is 60.1 Å². The fraction of sp³-hybridized carbons (Fsp3) is 0.296. The van der Waals surface area contributed by atoms with Crippen LogP contribution in [0.3, 0.4) is 0 Å². The smallest absolute Gasteiger partial charge is 0.328 e. The molecule has 0 spiro atoms. The van der Waals surface area contributed by atoms with Gasteiger partial charge in [-0.2, -0.15) is 0 Å². The van der Waals surface area contributed by atoms with Crippen molar-refractivity contribution in [2.45, 2.75) is 38.6 Å². The molecule has 3 aromatic rings. The van der Waals surface area contributed by atoms with E-state index in [0.717, 1.165) is 59.0 Å². The number of methoxy groups -OCH3 is 1. The Morgan fingerprint density at radius 1 is 1.15 bits per heavy atom. The number of anilines is 1. The van der Waals surface area contributed by atoms with Gasteiger partial charge in [-0.25, -0.2) is 9.78 Å². The van der Waals surface area contributed by atoms with E-state index in [-0.39, 0.29) is 11.8 Å². The fourth-order valence-electron chi connectivity index (χ4n) is 4.35. The van der Waals surface area contributed by atoms with Gasteiger partial charge in [-0.15, -0.1) is 11.3 Å². The number of rotatable bonds is 8. The van der Waals surface area contributed by atoms with Crippen LogP contribution in [0.25, 0.3) is 16.5 Å². The number of carbonyl (C=O) groups is 2. The highest BCUT2D eigenvalue weighted by molar-refractivity contribution is 7.13. The van der Waals surface area contributed by atoms with Crippen molar-refractivity contribution in [1.29, 1.82) is 0 Å². The number of hydrogen-bond acceptors (Lipinski definition) is 5. The number of carboxylic acid groups (broad SMARTS) is 1. The van der Waals surface area contributed by atoms with Crippen LogP contribution in [-0.4, -0.2) is 29.1 Å². The van der Waals surface area contributed by atoms with Crippen molar-refractivity contribution in [3.8, 4) is 16.3 Å². The third-order valence-corrected chi connectivity index (χ3v) is 6.96. The van der Waals surface area contributed by atoms with Crippen LogP contribution in [0.4, 0.5) is 5.69 Å². The molecule has 1 N–H and O–H groups in total. The van der Waals surface area contributed by atoms with Gasteiger partial charge < -0.3 is 14.7 Å². The molecule has 2 aromatic carbocycles. The van der Waals surface area contributed by atoms with Crippen LogP contribution in [0.5, 0.6) is 5.88 Å². The van der Waals surface area contributed by atoms with Gasteiger partial charge >= 0.3 is 5.97 Å². The van der Waals surface area contributed by atoms with Crippen molar-refractivity contribution in [2.24, 2.45) is 5.92 Å². The second-order valence-corrected chi connectivity index (χ2v) is 9.27. The summed E-state index contributed by atoms with van der Waals surface area (Å²) in [6.45, 7) is 0.446. The van der Waals surface area contributed by atoms with Crippen LogP contribution in [0.1, 0.15) is 43.2 Å². The minimum Gasteiger partial charge on any atom is -0.480 e. The summed E-state index contributed by atoms with van der Waals surface area (Å²) >= 11 is 1.53. The van der Waals surface area contributed by atoms with Crippen molar-refractivity contribution in [3.63, 3.8) is 0 Å². The van der Waals surface area contributed by atoms with Gasteiger partial charge in [0, 0.05) is 17.7 Å². The van der Waals surface area contributed by atoms with E-state index in [1.165, 1.54) is 17.8 Å². The maximum absolute atomic E-state index is 13.6. The first-order valence-corrected chi connectivity index (χ1v) is 12.3. The van der Waals surface area contributed by atoms with Crippen LogP contribution >= 0.6 is 11.3 Å². The molecule has 0 unspecified atom stereocenters. The van der Waals surface area contributed by atoms with Gasteiger partial charge in [-0.1, -0.05) is 55.7 Å². The number of ether oxygens (including phenoxy) is 1. The Labute approximate surface area is 203 Å². The largest absolute Gasteiger partial charge is 0.480 e. The molecule has 0 atom stereocenters. The molecule has 1 heterocycles. The Hall–Kier alpha value is -3.45. The number of amides is 1. The Balaban J connectivity index is 1.61. The van der Waals surface area contributed by atoms with Gasteiger partial charge in [0.15, 0.2) is 0 Å². The average Bonchev–Trinajstić information content (AvgIpc) is 3.36. The number of benzene rings is 2. The van der Waals surface area contributed by atoms with Crippen LogP contribution in [-0.2, 0) is 16.1 Å². The highest BCUT2D eigenvalue weighted by Gasteiger charge is 2.27. The van der Waals surface area contributed by atoms with Gasteiger partial charge in [0.1, 0.15) is 0 Å². The van der Waals surface area contributed by atoms with Crippen molar-refractivity contribution in [3.05, 3.63) is 71.2 Å². The second-order valence-electron chi connectivity index (χ2n) is 8.41. The Bertz CT molecular complexity index is 1160. The van der Waals surface area contributed by atoms with Crippen LogP contribution < -0.4 is 9.64 Å². The Morgan fingerprint density at radius 3 is 2.62 bits per heavy atom. The summed E-state index contributed by atoms with van der Waals surface area (Å²) < 4.78 is 5.34. The minimum atomic E-state index is -1.00. The maximum Gasteiger partial charge on any atom is 0.328 e. The molecule has 0 saturated heterocycles. The molecule has 176 valence electrons. The lowest BCUT2D eigenvalue weighted by Gasteiger charge is -2.30. The molecule has 1 aromatic heterocycles. The predicted molar refractivity (Wildman–Crippen MR) is 135 cm³/mol. The zero-order valence-electron chi connectivity index (χ0n) is 19.1. The molecule has 1 saturated carbocycles.